The first-order valence-corrected chi connectivity index (χ1v) is 6.85. The largest absolute Gasteiger partial charge is 0.339 e. The SMILES string of the molecule is CC(C)CCN(C(=O)[C@H]1CC1(Cl)Cl)C1CC1. The Morgan fingerprint density at radius 1 is 1.44 bits per heavy atom. The van der Waals surface area contributed by atoms with E-state index < -0.39 is 4.33 Å². The van der Waals surface area contributed by atoms with Crippen LogP contribution in [0, 0.1) is 11.8 Å². The highest BCUT2D eigenvalue weighted by Gasteiger charge is 2.58. The molecule has 1 atom stereocenters. The van der Waals surface area contributed by atoms with Gasteiger partial charge in [-0.15, -0.1) is 23.2 Å². The van der Waals surface area contributed by atoms with E-state index >= 15 is 0 Å². The Labute approximate surface area is 107 Å². The summed E-state index contributed by atoms with van der Waals surface area (Å²) in [7, 11) is 0. The number of hydrogen-bond acceptors (Lipinski definition) is 1. The molecular formula is C12H19Cl2NO. The third-order valence-electron chi connectivity index (χ3n) is 3.34. The summed E-state index contributed by atoms with van der Waals surface area (Å²) in [6.45, 7) is 5.22. The maximum Gasteiger partial charge on any atom is 0.229 e. The van der Waals surface area contributed by atoms with Gasteiger partial charge in [-0.3, -0.25) is 4.79 Å². The number of carbonyl (C=O) groups is 1. The smallest absolute Gasteiger partial charge is 0.229 e. The summed E-state index contributed by atoms with van der Waals surface area (Å²) in [5.74, 6) is 0.654. The standard InChI is InChI=1S/C12H19Cl2NO/c1-8(2)5-6-15(9-3-4-9)11(16)10-7-12(10,13)14/h8-10H,3-7H2,1-2H3/t10-/m1/s1. The molecule has 0 heterocycles. The molecule has 0 spiro atoms. The van der Waals surface area contributed by atoms with Gasteiger partial charge in [0.15, 0.2) is 0 Å². The van der Waals surface area contributed by atoms with Crippen molar-refractivity contribution < 1.29 is 4.79 Å². The molecule has 0 radical (unpaired) electrons. The Morgan fingerprint density at radius 2 is 2.00 bits per heavy atom. The van der Waals surface area contributed by atoms with Gasteiger partial charge in [0, 0.05) is 12.6 Å². The van der Waals surface area contributed by atoms with Crippen molar-refractivity contribution in [2.24, 2.45) is 11.8 Å². The van der Waals surface area contributed by atoms with Crippen molar-refractivity contribution in [3.05, 3.63) is 0 Å². The molecule has 2 rings (SSSR count). The lowest BCUT2D eigenvalue weighted by Crippen LogP contribution is -2.36. The molecule has 0 aliphatic heterocycles. The van der Waals surface area contributed by atoms with Crippen molar-refractivity contribution in [3.63, 3.8) is 0 Å². The molecule has 0 unspecified atom stereocenters. The van der Waals surface area contributed by atoms with Gasteiger partial charge in [-0.05, 0) is 31.6 Å². The van der Waals surface area contributed by atoms with Crippen LogP contribution in [0.15, 0.2) is 0 Å². The number of nitrogens with zero attached hydrogens (tertiary/aromatic N) is 1. The molecule has 0 saturated heterocycles. The number of halogens is 2. The van der Waals surface area contributed by atoms with E-state index in [1.807, 2.05) is 4.90 Å². The fourth-order valence-electron chi connectivity index (χ4n) is 1.94. The summed E-state index contributed by atoms with van der Waals surface area (Å²) >= 11 is 11.9. The van der Waals surface area contributed by atoms with Crippen molar-refractivity contribution in [1.82, 2.24) is 4.90 Å². The Kier molecular flexibility index (Phi) is 3.42. The molecule has 92 valence electrons. The summed E-state index contributed by atoms with van der Waals surface area (Å²) in [6, 6.07) is 0.469. The zero-order valence-corrected chi connectivity index (χ0v) is 11.4. The molecule has 16 heavy (non-hydrogen) atoms. The van der Waals surface area contributed by atoms with Crippen molar-refractivity contribution in [2.75, 3.05) is 6.54 Å². The molecule has 2 aliphatic carbocycles. The predicted molar refractivity (Wildman–Crippen MR) is 66.7 cm³/mol. The Balaban J connectivity index is 1.89. The molecule has 0 aromatic carbocycles. The summed E-state index contributed by atoms with van der Waals surface area (Å²) in [6.07, 6.45) is 3.98. The van der Waals surface area contributed by atoms with E-state index in [0.29, 0.717) is 18.4 Å². The summed E-state index contributed by atoms with van der Waals surface area (Å²) in [4.78, 5) is 14.2. The van der Waals surface area contributed by atoms with Crippen molar-refractivity contribution in [1.29, 1.82) is 0 Å². The van der Waals surface area contributed by atoms with Crippen LogP contribution in [0.3, 0.4) is 0 Å². The van der Waals surface area contributed by atoms with Crippen LogP contribution in [-0.4, -0.2) is 27.7 Å². The average Bonchev–Trinajstić information content (AvgIpc) is 3.03. The maximum absolute atomic E-state index is 12.2. The van der Waals surface area contributed by atoms with Crippen LogP contribution >= 0.6 is 23.2 Å². The van der Waals surface area contributed by atoms with Gasteiger partial charge in [0.05, 0.1) is 5.92 Å². The van der Waals surface area contributed by atoms with Gasteiger partial charge >= 0.3 is 0 Å². The molecule has 0 bridgehead atoms. The van der Waals surface area contributed by atoms with Gasteiger partial charge in [0.2, 0.25) is 5.91 Å². The van der Waals surface area contributed by atoms with Gasteiger partial charge < -0.3 is 4.90 Å². The molecule has 0 aromatic heterocycles. The molecule has 1 amide bonds. The third-order valence-corrected chi connectivity index (χ3v) is 4.18. The fraction of sp³-hybridized carbons (Fsp3) is 0.917. The molecule has 2 fully saturated rings. The molecule has 2 nitrogen and oxygen atoms in total. The van der Waals surface area contributed by atoms with Crippen LogP contribution in [0.1, 0.15) is 39.5 Å². The number of rotatable bonds is 5. The highest BCUT2D eigenvalue weighted by Crippen LogP contribution is 2.54. The number of alkyl halides is 2. The first kappa shape index (κ1) is 12.5. The highest BCUT2D eigenvalue weighted by molar-refractivity contribution is 6.52. The summed E-state index contributed by atoms with van der Waals surface area (Å²) < 4.78 is -0.776. The van der Waals surface area contributed by atoms with Crippen LogP contribution in [-0.2, 0) is 4.79 Å². The van der Waals surface area contributed by atoms with E-state index in [9.17, 15) is 4.79 Å². The van der Waals surface area contributed by atoms with Gasteiger partial charge in [0.25, 0.3) is 0 Å². The zero-order valence-electron chi connectivity index (χ0n) is 9.88. The molecule has 4 heteroatoms. The molecule has 0 aromatic rings. The molecule has 0 N–H and O–H groups in total. The lowest BCUT2D eigenvalue weighted by molar-refractivity contribution is -0.133. The van der Waals surface area contributed by atoms with E-state index in [4.69, 9.17) is 23.2 Å². The average molecular weight is 264 g/mol. The van der Waals surface area contributed by atoms with E-state index in [1.54, 1.807) is 0 Å². The van der Waals surface area contributed by atoms with Crippen LogP contribution in [0.5, 0.6) is 0 Å². The predicted octanol–water partition coefficient (Wildman–Crippen LogP) is 3.22. The number of carbonyl (C=O) groups excluding carboxylic acids is 1. The normalized spacial score (nSPS) is 26.9. The lowest BCUT2D eigenvalue weighted by Gasteiger charge is -2.23. The van der Waals surface area contributed by atoms with Gasteiger partial charge in [-0.1, -0.05) is 13.8 Å². The molecular weight excluding hydrogens is 245 g/mol. The number of hydrogen-bond donors (Lipinski definition) is 0. The maximum atomic E-state index is 12.2. The summed E-state index contributed by atoms with van der Waals surface area (Å²) in [5, 5.41) is 0. The Hall–Kier alpha value is 0.0500. The topological polar surface area (TPSA) is 20.3 Å². The second-order valence-electron chi connectivity index (χ2n) is 5.46. The van der Waals surface area contributed by atoms with E-state index in [1.165, 1.54) is 0 Å². The lowest BCUT2D eigenvalue weighted by atomic mass is 10.1. The van der Waals surface area contributed by atoms with Gasteiger partial charge in [0.1, 0.15) is 4.33 Å². The zero-order chi connectivity index (χ0) is 11.9. The minimum atomic E-state index is -0.776. The Bertz CT molecular complexity index is 287. The quantitative estimate of drug-likeness (QED) is 0.698. The molecule has 2 saturated carbocycles. The second-order valence-corrected chi connectivity index (χ2v) is 7.01. The highest BCUT2D eigenvalue weighted by atomic mass is 35.5. The van der Waals surface area contributed by atoms with E-state index in [2.05, 4.69) is 13.8 Å². The monoisotopic (exact) mass is 263 g/mol. The van der Waals surface area contributed by atoms with Gasteiger partial charge in [-0.25, -0.2) is 0 Å². The fourth-order valence-corrected chi connectivity index (χ4v) is 2.43. The van der Waals surface area contributed by atoms with Crippen LogP contribution < -0.4 is 0 Å². The van der Waals surface area contributed by atoms with Gasteiger partial charge in [-0.2, -0.15) is 0 Å². The Morgan fingerprint density at radius 3 is 2.38 bits per heavy atom. The minimum Gasteiger partial charge on any atom is -0.339 e. The summed E-state index contributed by atoms with van der Waals surface area (Å²) in [5.41, 5.74) is 0. The first-order chi connectivity index (χ1) is 7.42. The van der Waals surface area contributed by atoms with Crippen LogP contribution in [0.25, 0.3) is 0 Å². The van der Waals surface area contributed by atoms with Crippen molar-refractivity contribution in [2.45, 2.75) is 49.9 Å². The number of amides is 1. The first-order valence-electron chi connectivity index (χ1n) is 6.10. The van der Waals surface area contributed by atoms with Crippen molar-refractivity contribution in [3.8, 4) is 0 Å². The third kappa shape index (κ3) is 2.84. The minimum absolute atomic E-state index is 0.149. The van der Waals surface area contributed by atoms with E-state index in [-0.39, 0.29) is 11.8 Å². The van der Waals surface area contributed by atoms with Crippen LogP contribution in [0.2, 0.25) is 0 Å². The van der Waals surface area contributed by atoms with Crippen molar-refractivity contribution >= 4 is 29.1 Å². The molecule has 2 aliphatic rings. The van der Waals surface area contributed by atoms with Crippen LogP contribution in [0.4, 0.5) is 0 Å². The van der Waals surface area contributed by atoms with E-state index in [0.717, 1.165) is 25.8 Å². The second kappa shape index (κ2) is 4.38.